The van der Waals surface area contributed by atoms with E-state index in [4.69, 9.17) is 9.47 Å². The maximum Gasteiger partial charge on any atom is 0.158 e. The molecule has 1 rings (SSSR count). The van der Waals surface area contributed by atoms with Gasteiger partial charge in [-0.3, -0.25) is 0 Å². The fourth-order valence-corrected chi connectivity index (χ4v) is 2.86. The van der Waals surface area contributed by atoms with E-state index in [0.29, 0.717) is 11.5 Å². The van der Waals surface area contributed by atoms with Crippen molar-refractivity contribution in [2.75, 3.05) is 19.8 Å². The van der Waals surface area contributed by atoms with Crippen LogP contribution in [0.15, 0.2) is 0 Å². The van der Waals surface area contributed by atoms with Crippen molar-refractivity contribution in [1.82, 2.24) is 5.32 Å². The second-order valence-electron chi connectivity index (χ2n) is 6.04. The van der Waals surface area contributed by atoms with Crippen LogP contribution >= 0.6 is 0 Å². The molecule has 3 heteroatoms. The van der Waals surface area contributed by atoms with Crippen molar-refractivity contribution in [2.24, 2.45) is 5.41 Å². The van der Waals surface area contributed by atoms with Gasteiger partial charge in [0.15, 0.2) is 6.29 Å². The number of hydrogen-bond acceptors (Lipinski definition) is 3. The minimum absolute atomic E-state index is 0.0379. The lowest BCUT2D eigenvalue weighted by Crippen LogP contribution is -2.38. The van der Waals surface area contributed by atoms with Gasteiger partial charge in [-0.05, 0) is 38.5 Å². The summed E-state index contributed by atoms with van der Waals surface area (Å²) in [6, 6.07) is 0.678. The summed E-state index contributed by atoms with van der Waals surface area (Å²) in [6.45, 7) is 11.2. The average molecular weight is 257 g/mol. The van der Waals surface area contributed by atoms with Crippen LogP contribution in [0.3, 0.4) is 0 Å². The molecule has 3 nitrogen and oxygen atoms in total. The van der Waals surface area contributed by atoms with Gasteiger partial charge in [-0.15, -0.1) is 0 Å². The predicted molar refractivity (Wildman–Crippen MR) is 75.7 cm³/mol. The van der Waals surface area contributed by atoms with Crippen molar-refractivity contribution < 1.29 is 9.47 Å². The maximum absolute atomic E-state index is 5.55. The van der Waals surface area contributed by atoms with Gasteiger partial charge < -0.3 is 14.8 Å². The van der Waals surface area contributed by atoms with Crippen LogP contribution in [0.2, 0.25) is 0 Å². The van der Waals surface area contributed by atoms with Crippen molar-refractivity contribution in [3.63, 3.8) is 0 Å². The minimum Gasteiger partial charge on any atom is -0.353 e. The first kappa shape index (κ1) is 15.9. The van der Waals surface area contributed by atoms with Gasteiger partial charge in [-0.2, -0.15) is 0 Å². The largest absolute Gasteiger partial charge is 0.353 e. The standard InChI is InChI=1S/C15H31NO2/c1-5-17-14(18-6-2)9-11-16-13-8-7-10-15(3,4)12-13/h13-14,16H,5-12H2,1-4H3. The van der Waals surface area contributed by atoms with Crippen LogP contribution in [-0.4, -0.2) is 32.1 Å². The summed E-state index contributed by atoms with van der Waals surface area (Å²) in [4.78, 5) is 0. The molecule has 108 valence electrons. The summed E-state index contributed by atoms with van der Waals surface area (Å²) in [7, 11) is 0. The van der Waals surface area contributed by atoms with E-state index in [1.54, 1.807) is 0 Å². The zero-order valence-corrected chi connectivity index (χ0v) is 12.6. The number of ether oxygens (including phenoxy) is 2. The van der Waals surface area contributed by atoms with E-state index in [1.165, 1.54) is 25.7 Å². The van der Waals surface area contributed by atoms with Crippen molar-refractivity contribution in [3.05, 3.63) is 0 Å². The Balaban J connectivity index is 2.19. The molecular formula is C15H31NO2. The fourth-order valence-electron chi connectivity index (χ4n) is 2.86. The number of hydrogen-bond donors (Lipinski definition) is 1. The van der Waals surface area contributed by atoms with Gasteiger partial charge in [-0.25, -0.2) is 0 Å². The number of nitrogens with one attached hydrogen (secondary N) is 1. The van der Waals surface area contributed by atoms with E-state index in [1.807, 2.05) is 13.8 Å². The predicted octanol–water partition coefficient (Wildman–Crippen LogP) is 3.33. The molecular weight excluding hydrogens is 226 g/mol. The van der Waals surface area contributed by atoms with Gasteiger partial charge in [0.25, 0.3) is 0 Å². The highest BCUT2D eigenvalue weighted by atomic mass is 16.7. The molecule has 0 radical (unpaired) electrons. The summed E-state index contributed by atoms with van der Waals surface area (Å²) in [5.74, 6) is 0. The molecule has 0 aliphatic heterocycles. The molecule has 0 aromatic carbocycles. The molecule has 0 spiro atoms. The van der Waals surface area contributed by atoms with Crippen molar-refractivity contribution in [1.29, 1.82) is 0 Å². The van der Waals surface area contributed by atoms with E-state index in [2.05, 4.69) is 19.2 Å². The van der Waals surface area contributed by atoms with Gasteiger partial charge in [0, 0.05) is 32.2 Å². The van der Waals surface area contributed by atoms with Crippen molar-refractivity contribution in [3.8, 4) is 0 Å². The summed E-state index contributed by atoms with van der Waals surface area (Å²) in [5, 5.41) is 3.66. The van der Waals surface area contributed by atoms with Gasteiger partial charge in [-0.1, -0.05) is 20.3 Å². The Labute approximate surface area is 113 Å². The summed E-state index contributed by atoms with van der Waals surface area (Å²) in [6.07, 6.45) is 6.23. The molecule has 18 heavy (non-hydrogen) atoms. The molecule has 1 aliphatic carbocycles. The molecule has 1 aliphatic rings. The molecule has 1 N–H and O–H groups in total. The Bertz CT molecular complexity index is 213. The molecule has 1 saturated carbocycles. The first-order chi connectivity index (χ1) is 8.57. The van der Waals surface area contributed by atoms with Gasteiger partial charge in [0.1, 0.15) is 0 Å². The molecule has 0 amide bonds. The minimum atomic E-state index is -0.0379. The van der Waals surface area contributed by atoms with Gasteiger partial charge >= 0.3 is 0 Å². The Hall–Kier alpha value is -0.120. The summed E-state index contributed by atoms with van der Waals surface area (Å²) in [5.41, 5.74) is 0.509. The van der Waals surface area contributed by atoms with E-state index in [0.717, 1.165) is 26.2 Å². The monoisotopic (exact) mass is 257 g/mol. The zero-order valence-electron chi connectivity index (χ0n) is 12.6. The highest BCUT2D eigenvalue weighted by molar-refractivity contribution is 4.83. The molecule has 0 aromatic rings. The second-order valence-corrected chi connectivity index (χ2v) is 6.04. The van der Waals surface area contributed by atoms with Crippen LogP contribution < -0.4 is 5.32 Å². The molecule has 0 aromatic heterocycles. The van der Waals surface area contributed by atoms with Crippen molar-refractivity contribution in [2.45, 2.75) is 72.1 Å². The zero-order chi connectivity index (χ0) is 13.4. The van der Waals surface area contributed by atoms with Crippen LogP contribution in [0.25, 0.3) is 0 Å². The lowest BCUT2D eigenvalue weighted by Gasteiger charge is -2.35. The average Bonchev–Trinajstić information content (AvgIpc) is 2.28. The second kappa shape index (κ2) is 8.13. The molecule has 1 atom stereocenters. The third kappa shape index (κ3) is 6.17. The van der Waals surface area contributed by atoms with E-state index >= 15 is 0 Å². The van der Waals surface area contributed by atoms with E-state index < -0.39 is 0 Å². The molecule has 0 saturated heterocycles. The highest BCUT2D eigenvalue weighted by Crippen LogP contribution is 2.34. The molecule has 0 bridgehead atoms. The molecule has 1 fully saturated rings. The first-order valence-corrected chi connectivity index (χ1v) is 7.54. The topological polar surface area (TPSA) is 30.5 Å². The maximum atomic E-state index is 5.55. The highest BCUT2D eigenvalue weighted by Gasteiger charge is 2.27. The normalized spacial score (nSPS) is 23.5. The van der Waals surface area contributed by atoms with Gasteiger partial charge in [0.05, 0.1) is 0 Å². The fraction of sp³-hybridized carbons (Fsp3) is 1.00. The Morgan fingerprint density at radius 2 is 1.89 bits per heavy atom. The Kier molecular flexibility index (Phi) is 7.20. The van der Waals surface area contributed by atoms with Crippen LogP contribution in [-0.2, 0) is 9.47 Å². The summed E-state index contributed by atoms with van der Waals surface area (Å²) < 4.78 is 11.1. The van der Waals surface area contributed by atoms with Crippen LogP contribution in [0.1, 0.15) is 59.8 Å². The third-order valence-electron chi connectivity index (χ3n) is 3.72. The first-order valence-electron chi connectivity index (χ1n) is 7.54. The van der Waals surface area contributed by atoms with Crippen LogP contribution in [0.5, 0.6) is 0 Å². The Morgan fingerprint density at radius 3 is 2.44 bits per heavy atom. The molecule has 0 heterocycles. The Morgan fingerprint density at radius 1 is 1.22 bits per heavy atom. The summed E-state index contributed by atoms with van der Waals surface area (Å²) >= 11 is 0. The third-order valence-corrected chi connectivity index (χ3v) is 3.72. The van der Waals surface area contributed by atoms with Gasteiger partial charge in [0.2, 0.25) is 0 Å². The van der Waals surface area contributed by atoms with E-state index in [-0.39, 0.29) is 6.29 Å². The quantitative estimate of drug-likeness (QED) is 0.677. The SMILES string of the molecule is CCOC(CCNC1CCCC(C)(C)C1)OCC. The molecule has 1 unspecified atom stereocenters. The van der Waals surface area contributed by atoms with Crippen LogP contribution in [0, 0.1) is 5.41 Å². The smallest absolute Gasteiger partial charge is 0.158 e. The van der Waals surface area contributed by atoms with Crippen LogP contribution in [0.4, 0.5) is 0 Å². The van der Waals surface area contributed by atoms with Crippen molar-refractivity contribution >= 4 is 0 Å². The lowest BCUT2D eigenvalue weighted by atomic mass is 9.75. The lowest BCUT2D eigenvalue weighted by molar-refractivity contribution is -0.138. The van der Waals surface area contributed by atoms with E-state index in [9.17, 15) is 0 Å². The number of rotatable bonds is 8.